The summed E-state index contributed by atoms with van der Waals surface area (Å²) in [6.45, 7) is 10.1. The van der Waals surface area contributed by atoms with Crippen molar-refractivity contribution in [1.29, 1.82) is 0 Å². The van der Waals surface area contributed by atoms with Crippen LogP contribution in [0.4, 0.5) is 0 Å². The van der Waals surface area contributed by atoms with E-state index in [1.165, 1.54) is 20.8 Å². The van der Waals surface area contributed by atoms with Crippen LogP contribution in [0.15, 0.2) is 65.7 Å². The van der Waals surface area contributed by atoms with Crippen molar-refractivity contribution in [2.75, 3.05) is 13.7 Å². The van der Waals surface area contributed by atoms with Crippen LogP contribution in [0.1, 0.15) is 77.2 Å². The topological polar surface area (TPSA) is 170 Å². The molecule has 6 rings (SSSR count). The van der Waals surface area contributed by atoms with Crippen LogP contribution in [0.25, 0.3) is 0 Å². The lowest BCUT2D eigenvalue weighted by Gasteiger charge is -2.67. The van der Waals surface area contributed by atoms with E-state index in [0.717, 1.165) is 5.56 Å². The van der Waals surface area contributed by atoms with Gasteiger partial charge in [-0.1, -0.05) is 44.2 Å². The molecular weight excluding hydrogens is 700 g/mol. The maximum atomic E-state index is 15.7. The van der Waals surface area contributed by atoms with E-state index < -0.39 is 88.1 Å². The van der Waals surface area contributed by atoms with Crippen LogP contribution in [0, 0.1) is 16.7 Å². The lowest BCUT2D eigenvalue weighted by Crippen LogP contribution is -2.82. The van der Waals surface area contributed by atoms with Crippen molar-refractivity contribution in [2.45, 2.75) is 110 Å². The summed E-state index contributed by atoms with van der Waals surface area (Å²) >= 11 is 0. The Balaban J connectivity index is 1.64. The molecule has 2 bridgehead atoms. The predicted molar refractivity (Wildman–Crippen MR) is 190 cm³/mol. The van der Waals surface area contributed by atoms with Crippen molar-refractivity contribution < 1.29 is 62.2 Å². The van der Waals surface area contributed by atoms with Gasteiger partial charge in [0.05, 0.1) is 43.3 Å². The van der Waals surface area contributed by atoms with E-state index >= 15 is 4.79 Å². The molecule has 1 saturated heterocycles. The lowest BCUT2D eigenvalue weighted by molar-refractivity contribution is -0.349. The van der Waals surface area contributed by atoms with Crippen LogP contribution in [-0.2, 0) is 54.2 Å². The van der Waals surface area contributed by atoms with Crippen molar-refractivity contribution in [1.82, 2.24) is 0 Å². The summed E-state index contributed by atoms with van der Waals surface area (Å²) in [5, 5.41) is 13.5. The zero-order chi connectivity index (χ0) is 39.4. The second kappa shape index (κ2) is 14.2. The molecule has 13 heteroatoms. The lowest BCUT2D eigenvalue weighted by atomic mass is 9.44. The minimum Gasteiger partial charge on any atom is -0.497 e. The summed E-state index contributed by atoms with van der Waals surface area (Å²) in [6, 6.07) is 15.3. The maximum Gasteiger partial charge on any atom is 0.338 e. The van der Waals surface area contributed by atoms with Crippen LogP contribution >= 0.6 is 0 Å². The highest BCUT2D eigenvalue weighted by molar-refractivity contribution is 5.95. The molecule has 0 radical (unpaired) electrons. The van der Waals surface area contributed by atoms with Crippen molar-refractivity contribution >= 4 is 29.7 Å². The van der Waals surface area contributed by atoms with Crippen LogP contribution in [0.5, 0.6) is 5.75 Å². The number of ether oxygens (including phenoxy) is 7. The number of Topliss-reactive ketones (excluding diaryl/α,β-unsaturated/α-hetero) is 1. The van der Waals surface area contributed by atoms with Gasteiger partial charge in [-0.05, 0) is 54.8 Å². The van der Waals surface area contributed by atoms with E-state index in [9.17, 15) is 24.3 Å². The normalized spacial score (nSPS) is 33.8. The van der Waals surface area contributed by atoms with E-state index in [1.807, 2.05) is 12.1 Å². The first kappa shape index (κ1) is 39.1. The van der Waals surface area contributed by atoms with Gasteiger partial charge < -0.3 is 38.3 Å². The Morgan fingerprint density at radius 3 is 2.09 bits per heavy atom. The molecule has 4 aliphatic rings. The second-order valence-corrected chi connectivity index (χ2v) is 15.5. The highest BCUT2D eigenvalue weighted by Gasteiger charge is 2.78. The van der Waals surface area contributed by atoms with Crippen LogP contribution in [0.3, 0.4) is 0 Å². The molecule has 54 heavy (non-hydrogen) atoms. The van der Waals surface area contributed by atoms with Gasteiger partial charge in [0.25, 0.3) is 0 Å². The van der Waals surface area contributed by atoms with E-state index in [-0.39, 0.29) is 37.2 Å². The number of carbonyl (C=O) groups is 5. The van der Waals surface area contributed by atoms with E-state index in [4.69, 9.17) is 33.2 Å². The minimum absolute atomic E-state index is 0.0241. The summed E-state index contributed by atoms with van der Waals surface area (Å²) in [5.41, 5.74) is -5.51. The third kappa shape index (κ3) is 6.29. The van der Waals surface area contributed by atoms with Gasteiger partial charge in [-0.2, -0.15) is 0 Å². The molecular formula is C41H48O13. The first-order chi connectivity index (χ1) is 25.4. The molecule has 3 fully saturated rings. The summed E-state index contributed by atoms with van der Waals surface area (Å²) < 4.78 is 42.4. The molecule has 290 valence electrons. The number of hydrogen-bond donors (Lipinski definition) is 1. The molecule has 2 saturated carbocycles. The van der Waals surface area contributed by atoms with Crippen LogP contribution in [-0.4, -0.2) is 90.2 Å². The summed E-state index contributed by atoms with van der Waals surface area (Å²) in [6.07, 6.45) is -6.44. The molecule has 13 nitrogen and oxygen atoms in total. The van der Waals surface area contributed by atoms with Crippen molar-refractivity contribution in [3.05, 3.63) is 76.9 Å². The zero-order valence-corrected chi connectivity index (χ0v) is 31.8. The fourth-order valence-corrected chi connectivity index (χ4v) is 9.36. The van der Waals surface area contributed by atoms with Gasteiger partial charge in [0.1, 0.15) is 29.7 Å². The SMILES string of the molecule is COc1ccc(CO[C@H]2C[C@H]3OC[C@@]3(OC(C)=O)[C@H]3[C@H](OC(=O)c4ccccc4)[C@]4(O)C[C@H](OC(C)=O)C(C)=C([C@@H](OC(C)=O)C(=O)[C@]23C)C4(C)C)cc1. The van der Waals surface area contributed by atoms with Gasteiger partial charge in [-0.15, -0.1) is 0 Å². The fraction of sp³-hybridized carbons (Fsp3) is 0.537. The smallest absolute Gasteiger partial charge is 0.338 e. The minimum atomic E-state index is -2.15. The summed E-state index contributed by atoms with van der Waals surface area (Å²) in [7, 11) is 1.56. The number of benzene rings is 2. The van der Waals surface area contributed by atoms with Gasteiger partial charge in [0, 0.05) is 39.0 Å². The maximum absolute atomic E-state index is 15.7. The van der Waals surface area contributed by atoms with Crippen molar-refractivity contribution in [3.8, 4) is 5.75 Å². The molecule has 0 amide bonds. The Hall–Kier alpha value is -4.59. The number of hydrogen-bond acceptors (Lipinski definition) is 13. The van der Waals surface area contributed by atoms with E-state index in [1.54, 1.807) is 77.3 Å². The number of methoxy groups -OCH3 is 1. The number of esters is 4. The predicted octanol–water partition coefficient (Wildman–Crippen LogP) is 4.46. The first-order valence-electron chi connectivity index (χ1n) is 18.0. The third-order valence-electron chi connectivity index (χ3n) is 12.1. The second-order valence-electron chi connectivity index (χ2n) is 15.5. The monoisotopic (exact) mass is 748 g/mol. The Labute approximate surface area is 314 Å². The molecule has 9 atom stereocenters. The van der Waals surface area contributed by atoms with Gasteiger partial charge >= 0.3 is 23.9 Å². The summed E-state index contributed by atoms with van der Waals surface area (Å²) in [4.78, 5) is 68.5. The number of fused-ring (bicyclic) bond motifs is 5. The first-order valence-corrected chi connectivity index (χ1v) is 18.0. The molecule has 0 unspecified atom stereocenters. The van der Waals surface area contributed by atoms with Gasteiger partial charge in [0.15, 0.2) is 17.5 Å². The largest absolute Gasteiger partial charge is 0.497 e. The zero-order valence-electron chi connectivity index (χ0n) is 31.8. The Bertz CT molecular complexity index is 1850. The molecule has 0 spiro atoms. The molecule has 1 heterocycles. The molecule has 1 N–H and O–H groups in total. The van der Waals surface area contributed by atoms with Gasteiger partial charge in [-0.3, -0.25) is 19.2 Å². The van der Waals surface area contributed by atoms with E-state index in [0.29, 0.717) is 11.3 Å². The molecule has 2 aromatic carbocycles. The Morgan fingerprint density at radius 1 is 0.889 bits per heavy atom. The highest BCUT2D eigenvalue weighted by atomic mass is 16.6. The van der Waals surface area contributed by atoms with E-state index in [2.05, 4.69) is 0 Å². The number of aliphatic hydroxyl groups is 1. The Morgan fingerprint density at radius 2 is 1.54 bits per heavy atom. The number of ketones is 1. The number of carbonyl (C=O) groups excluding carboxylic acids is 5. The van der Waals surface area contributed by atoms with Crippen LogP contribution in [0.2, 0.25) is 0 Å². The molecule has 2 aromatic rings. The van der Waals surface area contributed by atoms with Gasteiger partial charge in [-0.25, -0.2) is 4.79 Å². The average Bonchev–Trinajstić information content (AvgIpc) is 3.10. The summed E-state index contributed by atoms with van der Waals surface area (Å²) in [5.74, 6) is -4.28. The molecule has 0 aromatic heterocycles. The van der Waals surface area contributed by atoms with Crippen molar-refractivity contribution in [2.24, 2.45) is 16.7 Å². The molecule has 3 aliphatic carbocycles. The number of rotatable bonds is 9. The van der Waals surface area contributed by atoms with Gasteiger partial charge in [0.2, 0.25) is 0 Å². The Kier molecular flexibility index (Phi) is 10.3. The third-order valence-corrected chi connectivity index (χ3v) is 12.1. The standard InChI is InChI=1S/C41H48O13/c1-22-29(51-23(2)42)19-41(47)36(53-37(46)27-12-10-9-11-13-27)34-39(7,35(45)33(52-24(3)43)32(22)38(41,5)6)30(18-31-40(34,21-50-31)54-25(4)44)49-20-26-14-16-28(48-8)17-15-26/h9-17,29-31,33-34,36,47H,18-21H2,1-8H3/t29-,30-,31+,33+,34-,36-,39+,40-,41+/m0/s1. The molecule has 1 aliphatic heterocycles. The highest BCUT2D eigenvalue weighted by Crippen LogP contribution is 2.65. The quantitative estimate of drug-likeness (QED) is 0.217. The average molecular weight is 749 g/mol. The van der Waals surface area contributed by atoms with Crippen molar-refractivity contribution in [3.63, 3.8) is 0 Å². The van der Waals surface area contributed by atoms with Crippen LogP contribution < -0.4 is 4.74 Å². The fourth-order valence-electron chi connectivity index (χ4n) is 9.36.